The Labute approximate surface area is 126 Å². The Balaban J connectivity index is 2.33. The molecule has 114 valence electrons. The van der Waals surface area contributed by atoms with E-state index in [4.69, 9.17) is 0 Å². The first-order valence-electron chi connectivity index (χ1n) is 7.69. The molecular weight excluding hydrogens is 264 g/mol. The predicted molar refractivity (Wildman–Crippen MR) is 82.6 cm³/mol. The SMILES string of the molecule is CCN(CC)C(=O)[C@H]1CCC(=O)N(C)[C@@H]1c1ccccc1. The van der Waals surface area contributed by atoms with E-state index in [0.717, 1.165) is 5.56 Å². The third kappa shape index (κ3) is 3.09. The second kappa shape index (κ2) is 6.74. The van der Waals surface area contributed by atoms with E-state index in [1.165, 1.54) is 0 Å². The van der Waals surface area contributed by atoms with Crippen LogP contribution in [0.4, 0.5) is 0 Å². The van der Waals surface area contributed by atoms with Gasteiger partial charge in [-0.1, -0.05) is 30.3 Å². The molecule has 1 heterocycles. The summed E-state index contributed by atoms with van der Waals surface area (Å²) in [5.41, 5.74) is 1.04. The van der Waals surface area contributed by atoms with Crippen molar-refractivity contribution in [2.24, 2.45) is 5.92 Å². The Morgan fingerprint density at radius 1 is 1.24 bits per heavy atom. The van der Waals surface area contributed by atoms with Crippen LogP contribution in [0.3, 0.4) is 0 Å². The summed E-state index contributed by atoms with van der Waals surface area (Å²) >= 11 is 0. The highest BCUT2D eigenvalue weighted by atomic mass is 16.2. The molecule has 0 saturated carbocycles. The van der Waals surface area contributed by atoms with Crippen molar-refractivity contribution in [3.63, 3.8) is 0 Å². The minimum absolute atomic E-state index is 0.118. The quantitative estimate of drug-likeness (QED) is 0.854. The van der Waals surface area contributed by atoms with Gasteiger partial charge in [0.25, 0.3) is 0 Å². The van der Waals surface area contributed by atoms with Crippen molar-refractivity contribution in [1.29, 1.82) is 0 Å². The number of carbonyl (C=O) groups excluding carboxylic acids is 2. The second-order valence-corrected chi connectivity index (χ2v) is 5.52. The lowest BCUT2D eigenvalue weighted by Crippen LogP contribution is -2.47. The van der Waals surface area contributed by atoms with Crippen molar-refractivity contribution in [3.8, 4) is 0 Å². The summed E-state index contributed by atoms with van der Waals surface area (Å²) in [6, 6.07) is 9.73. The number of hydrogen-bond donors (Lipinski definition) is 0. The van der Waals surface area contributed by atoms with Crippen LogP contribution in [0.15, 0.2) is 30.3 Å². The third-order valence-electron chi connectivity index (χ3n) is 4.39. The zero-order valence-corrected chi connectivity index (χ0v) is 13.1. The Morgan fingerprint density at radius 2 is 1.86 bits per heavy atom. The average molecular weight is 288 g/mol. The van der Waals surface area contributed by atoms with Gasteiger partial charge in [0.1, 0.15) is 0 Å². The van der Waals surface area contributed by atoms with Gasteiger partial charge in [0.05, 0.1) is 12.0 Å². The molecular formula is C17H24N2O2. The molecule has 0 aliphatic carbocycles. The monoisotopic (exact) mass is 288 g/mol. The summed E-state index contributed by atoms with van der Waals surface area (Å²) in [7, 11) is 1.81. The summed E-state index contributed by atoms with van der Waals surface area (Å²) < 4.78 is 0. The van der Waals surface area contributed by atoms with Gasteiger partial charge in [-0.3, -0.25) is 9.59 Å². The predicted octanol–water partition coefficient (Wildman–Crippen LogP) is 2.46. The van der Waals surface area contributed by atoms with E-state index in [9.17, 15) is 9.59 Å². The van der Waals surface area contributed by atoms with Gasteiger partial charge in [0, 0.05) is 26.6 Å². The van der Waals surface area contributed by atoms with Crippen molar-refractivity contribution >= 4 is 11.8 Å². The standard InChI is InChI=1S/C17H24N2O2/c1-4-19(5-2)17(21)14-11-12-15(20)18(3)16(14)13-9-7-6-8-10-13/h6-10,14,16H,4-5,11-12H2,1-3H3/t14-,16+/m0/s1. The van der Waals surface area contributed by atoms with Gasteiger partial charge in [-0.2, -0.15) is 0 Å². The second-order valence-electron chi connectivity index (χ2n) is 5.52. The first-order chi connectivity index (χ1) is 10.1. The number of likely N-dealkylation sites (tertiary alicyclic amines) is 1. The van der Waals surface area contributed by atoms with Gasteiger partial charge in [0.15, 0.2) is 0 Å². The maximum Gasteiger partial charge on any atom is 0.228 e. The Kier molecular flexibility index (Phi) is 4.99. The molecule has 4 heteroatoms. The highest BCUT2D eigenvalue weighted by molar-refractivity contribution is 5.85. The zero-order valence-electron chi connectivity index (χ0n) is 13.1. The number of hydrogen-bond acceptors (Lipinski definition) is 2. The molecule has 4 nitrogen and oxygen atoms in total. The fourth-order valence-electron chi connectivity index (χ4n) is 3.17. The first-order valence-corrected chi connectivity index (χ1v) is 7.69. The Morgan fingerprint density at radius 3 is 2.43 bits per heavy atom. The van der Waals surface area contributed by atoms with Crippen molar-refractivity contribution in [2.75, 3.05) is 20.1 Å². The molecule has 0 spiro atoms. The normalized spacial score (nSPS) is 22.2. The lowest BCUT2D eigenvalue weighted by atomic mass is 9.83. The summed E-state index contributed by atoms with van der Waals surface area (Å²) in [5.74, 6) is 0.135. The fraction of sp³-hybridized carbons (Fsp3) is 0.529. The molecule has 0 bridgehead atoms. The van der Waals surface area contributed by atoms with Gasteiger partial charge < -0.3 is 9.80 Å². The van der Waals surface area contributed by atoms with Crippen molar-refractivity contribution in [1.82, 2.24) is 9.80 Å². The number of piperidine rings is 1. The molecule has 2 rings (SSSR count). The molecule has 1 aliphatic rings. The number of carbonyl (C=O) groups is 2. The molecule has 1 fully saturated rings. The fourth-order valence-corrected chi connectivity index (χ4v) is 3.17. The van der Waals surface area contributed by atoms with E-state index in [2.05, 4.69) is 0 Å². The van der Waals surface area contributed by atoms with E-state index in [-0.39, 0.29) is 23.8 Å². The topological polar surface area (TPSA) is 40.6 Å². The average Bonchev–Trinajstić information content (AvgIpc) is 2.51. The molecule has 0 aromatic heterocycles. The van der Waals surface area contributed by atoms with Gasteiger partial charge in [-0.15, -0.1) is 0 Å². The summed E-state index contributed by atoms with van der Waals surface area (Å²) in [4.78, 5) is 28.4. The molecule has 2 amide bonds. The van der Waals surface area contributed by atoms with E-state index in [1.807, 2.05) is 56.1 Å². The van der Waals surface area contributed by atoms with Crippen LogP contribution in [0.2, 0.25) is 0 Å². The third-order valence-corrected chi connectivity index (χ3v) is 4.39. The molecule has 2 atom stereocenters. The van der Waals surface area contributed by atoms with Crippen LogP contribution >= 0.6 is 0 Å². The van der Waals surface area contributed by atoms with Gasteiger partial charge in [0.2, 0.25) is 11.8 Å². The molecule has 0 radical (unpaired) electrons. The van der Waals surface area contributed by atoms with Crippen LogP contribution in [0, 0.1) is 5.92 Å². The van der Waals surface area contributed by atoms with Crippen LogP contribution in [-0.4, -0.2) is 41.8 Å². The maximum atomic E-state index is 12.8. The molecule has 1 aliphatic heterocycles. The molecule has 1 aromatic carbocycles. The van der Waals surface area contributed by atoms with Crippen molar-refractivity contribution < 1.29 is 9.59 Å². The van der Waals surface area contributed by atoms with Crippen molar-refractivity contribution in [2.45, 2.75) is 32.7 Å². The van der Waals surface area contributed by atoms with Gasteiger partial charge in [-0.25, -0.2) is 0 Å². The zero-order chi connectivity index (χ0) is 15.4. The number of rotatable bonds is 4. The van der Waals surface area contributed by atoms with Gasteiger partial charge in [-0.05, 0) is 25.8 Å². The molecule has 1 aromatic rings. The van der Waals surface area contributed by atoms with Crippen LogP contribution in [0.5, 0.6) is 0 Å². The maximum absolute atomic E-state index is 12.8. The Hall–Kier alpha value is -1.84. The molecule has 21 heavy (non-hydrogen) atoms. The van der Waals surface area contributed by atoms with E-state index in [1.54, 1.807) is 4.90 Å². The van der Waals surface area contributed by atoms with Gasteiger partial charge >= 0.3 is 0 Å². The smallest absolute Gasteiger partial charge is 0.228 e. The summed E-state index contributed by atoms with van der Waals surface area (Å²) in [5, 5.41) is 0. The van der Waals surface area contributed by atoms with Crippen LogP contribution in [0.25, 0.3) is 0 Å². The molecule has 1 saturated heterocycles. The highest BCUT2D eigenvalue weighted by Crippen LogP contribution is 2.36. The number of nitrogens with zero attached hydrogens (tertiary/aromatic N) is 2. The Bertz CT molecular complexity index is 497. The summed E-state index contributed by atoms with van der Waals surface area (Å²) in [6.45, 7) is 5.42. The largest absolute Gasteiger partial charge is 0.343 e. The van der Waals surface area contributed by atoms with Crippen molar-refractivity contribution in [3.05, 3.63) is 35.9 Å². The minimum atomic E-state index is -0.152. The minimum Gasteiger partial charge on any atom is -0.343 e. The van der Waals surface area contributed by atoms with Crippen LogP contribution < -0.4 is 0 Å². The molecule has 0 N–H and O–H groups in total. The number of amides is 2. The van der Waals surface area contributed by atoms with E-state index in [0.29, 0.717) is 25.9 Å². The van der Waals surface area contributed by atoms with E-state index < -0.39 is 0 Å². The lowest BCUT2D eigenvalue weighted by Gasteiger charge is -2.40. The van der Waals surface area contributed by atoms with Crippen LogP contribution in [0.1, 0.15) is 38.3 Å². The lowest BCUT2D eigenvalue weighted by molar-refractivity contribution is -0.146. The first kappa shape index (κ1) is 15.5. The van der Waals surface area contributed by atoms with E-state index >= 15 is 0 Å². The molecule has 0 unspecified atom stereocenters. The van der Waals surface area contributed by atoms with Crippen LogP contribution in [-0.2, 0) is 9.59 Å². The highest BCUT2D eigenvalue weighted by Gasteiger charge is 2.39. The number of benzene rings is 1. The summed E-state index contributed by atoms with van der Waals surface area (Å²) in [6.07, 6.45) is 1.09.